The summed E-state index contributed by atoms with van der Waals surface area (Å²) in [5.74, 6) is 0.203. The molecule has 74 valence electrons. The van der Waals surface area contributed by atoms with Gasteiger partial charge in [0.2, 0.25) is 0 Å². The van der Waals surface area contributed by atoms with E-state index in [9.17, 15) is 10.1 Å². The molecule has 0 bridgehead atoms. The van der Waals surface area contributed by atoms with Crippen LogP contribution in [0.5, 0.6) is 5.75 Å². The van der Waals surface area contributed by atoms with Gasteiger partial charge in [0, 0.05) is 18.3 Å². The fourth-order valence-electron chi connectivity index (χ4n) is 0.940. The Bertz CT molecular complexity index is 350. The number of aliphatic imine (C=N–C) groups is 1. The minimum Gasteiger partial charge on any atom is -0.293 e. The quantitative estimate of drug-likeness (QED) is 0.416. The molecule has 0 aliphatic heterocycles. The zero-order chi connectivity index (χ0) is 10.4. The Hall–Kier alpha value is -1.91. The molecule has 5 nitrogen and oxygen atoms in total. The number of nitrogens with zero attached hydrogens (tertiary/aromatic N) is 2. The predicted molar refractivity (Wildman–Crippen MR) is 52.2 cm³/mol. The van der Waals surface area contributed by atoms with Crippen molar-refractivity contribution in [1.82, 2.24) is 0 Å². The molecule has 0 amide bonds. The van der Waals surface area contributed by atoms with Crippen LogP contribution in [0.1, 0.15) is 12.5 Å². The highest BCUT2D eigenvalue weighted by molar-refractivity contribution is 5.83. The second-order valence-corrected chi connectivity index (χ2v) is 2.48. The first-order chi connectivity index (χ1) is 6.74. The van der Waals surface area contributed by atoms with Crippen molar-refractivity contribution in [3.05, 3.63) is 39.9 Å². The molecule has 1 aromatic carbocycles. The van der Waals surface area contributed by atoms with Crippen molar-refractivity contribution in [3.63, 3.8) is 0 Å². The monoisotopic (exact) mass is 194 g/mol. The summed E-state index contributed by atoms with van der Waals surface area (Å²) in [5, 5.41) is 9.30. The SMILES string of the molecule is CCN=Cc1ccccc1O[N+](=O)[O-]. The molecule has 0 fully saturated rings. The van der Waals surface area contributed by atoms with Crippen LogP contribution >= 0.6 is 0 Å². The van der Waals surface area contributed by atoms with Gasteiger partial charge in [-0.15, -0.1) is 10.1 Å². The molecule has 0 atom stereocenters. The van der Waals surface area contributed by atoms with Crippen LogP contribution < -0.4 is 4.84 Å². The normalized spacial score (nSPS) is 10.4. The Labute approximate surface area is 81.1 Å². The van der Waals surface area contributed by atoms with Gasteiger partial charge in [-0.25, -0.2) is 0 Å². The Kier molecular flexibility index (Phi) is 3.60. The van der Waals surface area contributed by atoms with Crippen LogP contribution in [0, 0.1) is 10.1 Å². The molecule has 0 unspecified atom stereocenters. The number of para-hydroxylation sites is 1. The van der Waals surface area contributed by atoms with E-state index in [4.69, 9.17) is 0 Å². The lowest BCUT2D eigenvalue weighted by atomic mass is 10.2. The Balaban J connectivity index is 2.90. The molecule has 0 radical (unpaired) electrons. The summed E-state index contributed by atoms with van der Waals surface area (Å²) >= 11 is 0. The van der Waals surface area contributed by atoms with Crippen molar-refractivity contribution in [2.75, 3.05) is 6.54 Å². The molecule has 0 N–H and O–H groups in total. The zero-order valence-electron chi connectivity index (χ0n) is 7.71. The van der Waals surface area contributed by atoms with E-state index >= 15 is 0 Å². The Morgan fingerprint density at radius 1 is 1.57 bits per heavy atom. The van der Waals surface area contributed by atoms with E-state index in [0.29, 0.717) is 12.1 Å². The Morgan fingerprint density at radius 3 is 2.93 bits per heavy atom. The van der Waals surface area contributed by atoms with Gasteiger partial charge >= 0.3 is 0 Å². The molecule has 0 spiro atoms. The van der Waals surface area contributed by atoms with Gasteiger partial charge in [0.1, 0.15) is 5.75 Å². The second kappa shape index (κ2) is 4.96. The molecule has 0 saturated heterocycles. The van der Waals surface area contributed by atoms with Crippen LogP contribution in [-0.2, 0) is 0 Å². The minimum atomic E-state index is -0.835. The smallest absolute Gasteiger partial charge is 0.293 e. The average Bonchev–Trinajstić information content (AvgIpc) is 2.16. The van der Waals surface area contributed by atoms with Crippen LogP contribution in [0.4, 0.5) is 0 Å². The van der Waals surface area contributed by atoms with Crippen LogP contribution in [0.25, 0.3) is 0 Å². The number of hydrogen-bond acceptors (Lipinski definition) is 4. The third kappa shape index (κ3) is 2.85. The van der Waals surface area contributed by atoms with Crippen molar-refractivity contribution in [3.8, 4) is 5.75 Å². The molecule has 0 aromatic heterocycles. The number of hydrogen-bond donors (Lipinski definition) is 0. The van der Waals surface area contributed by atoms with E-state index in [1.54, 1.807) is 24.4 Å². The topological polar surface area (TPSA) is 64.7 Å². The molecule has 0 aliphatic rings. The van der Waals surface area contributed by atoms with Crippen molar-refractivity contribution >= 4 is 6.21 Å². The lowest BCUT2D eigenvalue weighted by Crippen LogP contribution is -2.05. The highest BCUT2D eigenvalue weighted by Gasteiger charge is 2.03. The summed E-state index contributed by atoms with van der Waals surface area (Å²) in [6.07, 6.45) is 1.55. The molecule has 1 aromatic rings. The first-order valence-corrected chi connectivity index (χ1v) is 4.15. The summed E-state index contributed by atoms with van der Waals surface area (Å²) in [6.45, 7) is 2.51. The summed E-state index contributed by atoms with van der Waals surface area (Å²) in [6, 6.07) is 6.67. The van der Waals surface area contributed by atoms with Gasteiger partial charge in [-0.3, -0.25) is 9.83 Å². The third-order valence-corrected chi connectivity index (χ3v) is 1.50. The van der Waals surface area contributed by atoms with Crippen LogP contribution in [-0.4, -0.2) is 17.8 Å². The Morgan fingerprint density at radius 2 is 2.29 bits per heavy atom. The fourth-order valence-corrected chi connectivity index (χ4v) is 0.940. The van der Waals surface area contributed by atoms with Gasteiger partial charge in [0.15, 0.2) is 0 Å². The molecule has 14 heavy (non-hydrogen) atoms. The highest BCUT2D eigenvalue weighted by atomic mass is 17.0. The summed E-state index contributed by atoms with van der Waals surface area (Å²) < 4.78 is 0. The van der Waals surface area contributed by atoms with E-state index < -0.39 is 5.09 Å². The molecule has 0 heterocycles. The summed E-state index contributed by atoms with van der Waals surface area (Å²) in [5.41, 5.74) is 0.603. The number of rotatable bonds is 4. The van der Waals surface area contributed by atoms with Gasteiger partial charge in [-0.2, -0.15) is 0 Å². The summed E-state index contributed by atoms with van der Waals surface area (Å²) in [7, 11) is 0. The second-order valence-electron chi connectivity index (χ2n) is 2.48. The highest BCUT2D eigenvalue weighted by Crippen LogP contribution is 2.15. The standard InChI is InChI=1S/C9H10N2O3/c1-2-10-7-8-5-3-4-6-9(8)14-11(12)13/h3-7H,2H2,1H3. The lowest BCUT2D eigenvalue weighted by molar-refractivity contribution is -0.711. The van der Waals surface area contributed by atoms with Gasteiger partial charge in [-0.1, -0.05) is 18.2 Å². The largest absolute Gasteiger partial charge is 0.299 e. The first-order valence-electron chi connectivity index (χ1n) is 4.15. The van der Waals surface area contributed by atoms with Crippen LogP contribution in [0.2, 0.25) is 0 Å². The molecule has 0 aliphatic carbocycles. The molecular weight excluding hydrogens is 184 g/mol. The third-order valence-electron chi connectivity index (χ3n) is 1.50. The molecular formula is C9H10N2O3. The zero-order valence-corrected chi connectivity index (χ0v) is 7.71. The van der Waals surface area contributed by atoms with Crippen LogP contribution in [0.3, 0.4) is 0 Å². The molecule has 1 rings (SSSR count). The van der Waals surface area contributed by atoms with E-state index in [1.165, 1.54) is 6.07 Å². The average molecular weight is 194 g/mol. The summed E-state index contributed by atoms with van der Waals surface area (Å²) in [4.78, 5) is 18.5. The van der Waals surface area contributed by atoms with Crippen molar-refractivity contribution in [1.29, 1.82) is 0 Å². The predicted octanol–water partition coefficient (Wildman–Crippen LogP) is 1.70. The fraction of sp³-hybridized carbons (Fsp3) is 0.222. The van der Waals surface area contributed by atoms with E-state index in [1.807, 2.05) is 6.92 Å². The van der Waals surface area contributed by atoms with E-state index in [-0.39, 0.29) is 5.75 Å². The number of benzene rings is 1. The maximum atomic E-state index is 10.1. The van der Waals surface area contributed by atoms with Gasteiger partial charge in [-0.05, 0) is 13.0 Å². The molecule has 0 saturated carbocycles. The first kappa shape index (κ1) is 10.2. The van der Waals surface area contributed by atoms with Crippen molar-refractivity contribution < 1.29 is 9.92 Å². The van der Waals surface area contributed by atoms with E-state index in [2.05, 4.69) is 9.83 Å². The van der Waals surface area contributed by atoms with Crippen molar-refractivity contribution in [2.45, 2.75) is 6.92 Å². The van der Waals surface area contributed by atoms with E-state index in [0.717, 1.165) is 0 Å². The van der Waals surface area contributed by atoms with Gasteiger partial charge in [0.25, 0.3) is 5.09 Å². The maximum absolute atomic E-state index is 10.1. The van der Waals surface area contributed by atoms with Gasteiger partial charge in [0.05, 0.1) is 0 Å². The van der Waals surface area contributed by atoms with Crippen molar-refractivity contribution in [2.24, 2.45) is 4.99 Å². The minimum absolute atomic E-state index is 0.203. The molecule has 5 heteroatoms. The van der Waals surface area contributed by atoms with Crippen LogP contribution in [0.15, 0.2) is 29.3 Å². The lowest BCUT2D eigenvalue weighted by Gasteiger charge is -2.01. The maximum Gasteiger partial charge on any atom is 0.299 e. The van der Waals surface area contributed by atoms with Gasteiger partial charge < -0.3 is 0 Å².